The highest BCUT2D eigenvalue weighted by Gasteiger charge is 2.26. The number of carbonyl (C=O) groups is 1. The second-order valence-corrected chi connectivity index (χ2v) is 7.93. The molecule has 3 aliphatic rings. The number of piperidine rings is 1. The molecule has 0 radical (unpaired) electrons. The Morgan fingerprint density at radius 3 is 2.44 bits per heavy atom. The molecule has 1 N–H and O–H groups in total. The lowest BCUT2D eigenvalue weighted by Crippen LogP contribution is -2.42. The van der Waals surface area contributed by atoms with Crippen molar-refractivity contribution in [3.05, 3.63) is 34.9 Å². The van der Waals surface area contributed by atoms with Gasteiger partial charge in [0.25, 0.3) is 0 Å². The lowest BCUT2D eigenvalue weighted by Gasteiger charge is -2.36. The number of hydrogen-bond donors (Lipinski definition) is 1. The number of nitrogens with one attached hydrogen (secondary N) is 1. The van der Waals surface area contributed by atoms with Gasteiger partial charge in [-0.25, -0.2) is 4.79 Å². The van der Waals surface area contributed by atoms with E-state index in [1.807, 2.05) is 4.90 Å². The summed E-state index contributed by atoms with van der Waals surface area (Å²) in [7, 11) is 0. The molecule has 0 spiro atoms. The molecule has 4 heteroatoms. The van der Waals surface area contributed by atoms with Gasteiger partial charge < -0.3 is 10.2 Å². The van der Waals surface area contributed by atoms with Gasteiger partial charge in [0.05, 0.1) is 0 Å². The molecule has 4 nitrogen and oxygen atoms in total. The van der Waals surface area contributed by atoms with Crippen molar-refractivity contribution in [3.8, 4) is 0 Å². The molecule has 2 aliphatic heterocycles. The lowest BCUT2D eigenvalue weighted by molar-refractivity contribution is 0.133. The zero-order valence-electron chi connectivity index (χ0n) is 15.3. The molecule has 0 atom stereocenters. The topological polar surface area (TPSA) is 35.6 Å². The Bertz CT molecular complexity index is 605. The molecule has 0 aromatic heterocycles. The van der Waals surface area contributed by atoms with Crippen molar-refractivity contribution in [2.75, 3.05) is 26.2 Å². The average molecular weight is 341 g/mol. The fraction of sp³-hybridized carbons (Fsp3) is 0.667. The van der Waals surface area contributed by atoms with Crippen LogP contribution < -0.4 is 5.32 Å². The highest BCUT2D eigenvalue weighted by atomic mass is 16.2. The summed E-state index contributed by atoms with van der Waals surface area (Å²) in [6.07, 6.45) is 10.1. The van der Waals surface area contributed by atoms with Crippen LogP contribution in [0.5, 0.6) is 0 Å². The van der Waals surface area contributed by atoms with E-state index in [0.29, 0.717) is 6.54 Å². The highest BCUT2D eigenvalue weighted by molar-refractivity contribution is 5.74. The molecule has 1 saturated heterocycles. The predicted molar refractivity (Wildman–Crippen MR) is 101 cm³/mol. The first kappa shape index (κ1) is 16.9. The van der Waals surface area contributed by atoms with E-state index in [4.69, 9.17) is 0 Å². The van der Waals surface area contributed by atoms with Crippen LogP contribution in [0.3, 0.4) is 0 Å². The minimum absolute atomic E-state index is 0.103. The molecule has 2 heterocycles. The second-order valence-electron chi connectivity index (χ2n) is 7.93. The SMILES string of the molecule is O=C(NCc1ccc2c(c1)CCN(C1CCC1)CC2)N1CCCCC1. The van der Waals surface area contributed by atoms with Crippen LogP contribution in [0.4, 0.5) is 4.79 Å². The molecule has 4 rings (SSSR count). The molecule has 2 amide bonds. The molecule has 0 bridgehead atoms. The van der Waals surface area contributed by atoms with Crippen molar-refractivity contribution >= 4 is 6.03 Å². The fourth-order valence-electron chi connectivity index (χ4n) is 4.41. The summed E-state index contributed by atoms with van der Waals surface area (Å²) in [4.78, 5) is 16.9. The third-order valence-electron chi connectivity index (χ3n) is 6.29. The molecule has 1 saturated carbocycles. The van der Waals surface area contributed by atoms with E-state index in [1.54, 1.807) is 0 Å². The fourth-order valence-corrected chi connectivity index (χ4v) is 4.41. The van der Waals surface area contributed by atoms with Crippen LogP contribution in [0.15, 0.2) is 18.2 Å². The highest BCUT2D eigenvalue weighted by Crippen LogP contribution is 2.27. The number of amides is 2. The number of benzene rings is 1. The third kappa shape index (κ3) is 4.00. The van der Waals surface area contributed by atoms with Gasteiger partial charge in [-0.05, 0) is 61.6 Å². The Morgan fingerprint density at radius 2 is 1.72 bits per heavy atom. The number of nitrogens with zero attached hydrogens (tertiary/aromatic N) is 2. The summed E-state index contributed by atoms with van der Waals surface area (Å²) in [5.74, 6) is 0. The minimum Gasteiger partial charge on any atom is -0.334 e. The maximum Gasteiger partial charge on any atom is 0.317 e. The molecule has 0 unspecified atom stereocenters. The second kappa shape index (κ2) is 7.77. The number of urea groups is 1. The maximum atomic E-state index is 12.3. The average Bonchev–Trinajstić information content (AvgIpc) is 2.81. The lowest BCUT2D eigenvalue weighted by atomic mass is 9.91. The number of fused-ring (bicyclic) bond motifs is 1. The number of likely N-dealkylation sites (tertiary alicyclic amines) is 1. The molecule has 2 fully saturated rings. The van der Waals surface area contributed by atoms with Crippen LogP contribution in [0.1, 0.15) is 55.2 Å². The van der Waals surface area contributed by atoms with Gasteiger partial charge in [0.15, 0.2) is 0 Å². The number of rotatable bonds is 3. The molecule has 1 aromatic carbocycles. The van der Waals surface area contributed by atoms with E-state index in [2.05, 4.69) is 28.4 Å². The molecule has 1 aromatic rings. The van der Waals surface area contributed by atoms with Crippen molar-refractivity contribution in [3.63, 3.8) is 0 Å². The largest absolute Gasteiger partial charge is 0.334 e. The first-order chi connectivity index (χ1) is 12.3. The van der Waals surface area contributed by atoms with E-state index >= 15 is 0 Å². The summed E-state index contributed by atoms with van der Waals surface area (Å²) in [6, 6.07) is 7.77. The minimum atomic E-state index is 0.103. The zero-order chi connectivity index (χ0) is 17.1. The van der Waals surface area contributed by atoms with Crippen molar-refractivity contribution in [1.29, 1.82) is 0 Å². The van der Waals surface area contributed by atoms with Gasteiger partial charge in [0.2, 0.25) is 0 Å². The van der Waals surface area contributed by atoms with E-state index in [1.165, 1.54) is 61.9 Å². The van der Waals surface area contributed by atoms with Crippen molar-refractivity contribution in [1.82, 2.24) is 15.1 Å². The van der Waals surface area contributed by atoms with E-state index in [9.17, 15) is 4.79 Å². The van der Waals surface area contributed by atoms with Crippen LogP contribution in [0.2, 0.25) is 0 Å². The molecule has 25 heavy (non-hydrogen) atoms. The predicted octanol–water partition coefficient (Wildman–Crippen LogP) is 3.34. The van der Waals surface area contributed by atoms with Crippen LogP contribution >= 0.6 is 0 Å². The van der Waals surface area contributed by atoms with Crippen LogP contribution in [-0.4, -0.2) is 48.1 Å². The van der Waals surface area contributed by atoms with Gasteiger partial charge in [0.1, 0.15) is 0 Å². The van der Waals surface area contributed by atoms with Gasteiger partial charge >= 0.3 is 6.03 Å². The summed E-state index contributed by atoms with van der Waals surface area (Å²) < 4.78 is 0. The van der Waals surface area contributed by atoms with Gasteiger partial charge in [-0.2, -0.15) is 0 Å². The Kier molecular flexibility index (Phi) is 5.25. The monoisotopic (exact) mass is 341 g/mol. The molecule has 1 aliphatic carbocycles. The van der Waals surface area contributed by atoms with Crippen LogP contribution in [0, 0.1) is 0 Å². The Hall–Kier alpha value is -1.55. The molecular weight excluding hydrogens is 310 g/mol. The molecule has 136 valence electrons. The Morgan fingerprint density at radius 1 is 0.960 bits per heavy atom. The van der Waals surface area contributed by atoms with E-state index < -0.39 is 0 Å². The first-order valence-corrected chi connectivity index (χ1v) is 10.2. The smallest absolute Gasteiger partial charge is 0.317 e. The van der Waals surface area contributed by atoms with Gasteiger partial charge in [-0.1, -0.05) is 24.6 Å². The van der Waals surface area contributed by atoms with Gasteiger partial charge in [0, 0.05) is 38.8 Å². The van der Waals surface area contributed by atoms with Crippen molar-refractivity contribution in [2.24, 2.45) is 0 Å². The Labute approximate surface area is 151 Å². The standard InChI is InChI=1S/C21H31N3O/c25-21(24-11-2-1-3-12-24)22-16-17-7-8-18-9-13-23(20-5-4-6-20)14-10-19(18)15-17/h7-8,15,20H,1-6,9-14,16H2,(H,22,25). The summed E-state index contributed by atoms with van der Waals surface area (Å²) in [5.41, 5.74) is 4.24. The third-order valence-corrected chi connectivity index (χ3v) is 6.29. The molecular formula is C21H31N3O. The normalized spacial score (nSPS) is 22.0. The first-order valence-electron chi connectivity index (χ1n) is 10.2. The summed E-state index contributed by atoms with van der Waals surface area (Å²) in [5, 5.41) is 3.11. The van der Waals surface area contributed by atoms with Crippen molar-refractivity contribution in [2.45, 2.75) is 64.0 Å². The van der Waals surface area contributed by atoms with Crippen LogP contribution in [0.25, 0.3) is 0 Å². The summed E-state index contributed by atoms with van der Waals surface area (Å²) in [6.45, 7) is 4.87. The maximum absolute atomic E-state index is 12.3. The quantitative estimate of drug-likeness (QED) is 0.915. The van der Waals surface area contributed by atoms with Gasteiger partial charge in [-0.3, -0.25) is 4.90 Å². The Balaban J connectivity index is 1.33. The van der Waals surface area contributed by atoms with Crippen molar-refractivity contribution < 1.29 is 4.79 Å². The number of carbonyl (C=O) groups excluding carboxylic acids is 1. The number of hydrogen-bond acceptors (Lipinski definition) is 2. The van der Waals surface area contributed by atoms with E-state index in [-0.39, 0.29) is 6.03 Å². The van der Waals surface area contributed by atoms with Crippen LogP contribution in [-0.2, 0) is 19.4 Å². The zero-order valence-corrected chi connectivity index (χ0v) is 15.3. The summed E-state index contributed by atoms with van der Waals surface area (Å²) >= 11 is 0. The van der Waals surface area contributed by atoms with E-state index in [0.717, 1.165) is 38.4 Å². The van der Waals surface area contributed by atoms with Gasteiger partial charge in [-0.15, -0.1) is 0 Å².